The van der Waals surface area contributed by atoms with Crippen molar-refractivity contribution < 1.29 is 19.2 Å². The first kappa shape index (κ1) is 14.7. The SMILES string of the molecule is Cc1noc(CNC(=O)c2c(C)ccc(C)c2C(=O)O)n1. The van der Waals surface area contributed by atoms with Crippen LogP contribution in [-0.2, 0) is 6.54 Å². The van der Waals surface area contributed by atoms with Gasteiger partial charge in [-0.15, -0.1) is 0 Å². The van der Waals surface area contributed by atoms with Crippen molar-refractivity contribution in [2.75, 3.05) is 0 Å². The average molecular weight is 289 g/mol. The minimum Gasteiger partial charge on any atom is -0.478 e. The van der Waals surface area contributed by atoms with E-state index in [-0.39, 0.29) is 23.6 Å². The Morgan fingerprint density at radius 3 is 2.33 bits per heavy atom. The van der Waals surface area contributed by atoms with E-state index in [4.69, 9.17) is 4.52 Å². The van der Waals surface area contributed by atoms with Crippen molar-refractivity contribution in [2.45, 2.75) is 27.3 Å². The third kappa shape index (κ3) is 3.07. The summed E-state index contributed by atoms with van der Waals surface area (Å²) in [5.74, 6) is -0.875. The quantitative estimate of drug-likeness (QED) is 0.886. The van der Waals surface area contributed by atoms with Gasteiger partial charge in [0.05, 0.1) is 17.7 Å². The molecule has 2 rings (SSSR count). The molecule has 0 fully saturated rings. The van der Waals surface area contributed by atoms with Crippen LogP contribution >= 0.6 is 0 Å². The van der Waals surface area contributed by atoms with E-state index in [1.165, 1.54) is 0 Å². The summed E-state index contributed by atoms with van der Waals surface area (Å²) in [6.45, 7) is 5.06. The van der Waals surface area contributed by atoms with Crippen LogP contribution in [0.4, 0.5) is 0 Å². The zero-order valence-corrected chi connectivity index (χ0v) is 11.9. The average Bonchev–Trinajstić information content (AvgIpc) is 2.83. The molecule has 1 aromatic carbocycles. The Hall–Kier alpha value is -2.70. The van der Waals surface area contributed by atoms with Crippen LogP contribution in [0.25, 0.3) is 0 Å². The Balaban J connectivity index is 2.26. The number of amides is 1. The highest BCUT2D eigenvalue weighted by atomic mass is 16.5. The zero-order chi connectivity index (χ0) is 15.6. The highest BCUT2D eigenvalue weighted by molar-refractivity contribution is 6.06. The topological polar surface area (TPSA) is 105 Å². The molecule has 7 nitrogen and oxygen atoms in total. The molecular formula is C14H15N3O4. The second-order valence-corrected chi connectivity index (χ2v) is 4.67. The summed E-state index contributed by atoms with van der Waals surface area (Å²) in [4.78, 5) is 27.6. The predicted octanol–water partition coefficient (Wildman–Crippen LogP) is 1.62. The third-order valence-corrected chi connectivity index (χ3v) is 3.03. The number of carboxylic acid groups (broad SMARTS) is 1. The first-order chi connectivity index (χ1) is 9.90. The summed E-state index contributed by atoms with van der Waals surface area (Å²) in [6, 6.07) is 3.39. The number of carboxylic acids is 1. The summed E-state index contributed by atoms with van der Waals surface area (Å²) in [5, 5.41) is 15.5. The van der Waals surface area contributed by atoms with Gasteiger partial charge in [-0.1, -0.05) is 17.3 Å². The molecule has 110 valence electrons. The van der Waals surface area contributed by atoms with E-state index >= 15 is 0 Å². The number of aromatic carboxylic acids is 1. The van der Waals surface area contributed by atoms with Gasteiger partial charge in [-0.25, -0.2) is 4.79 Å². The van der Waals surface area contributed by atoms with E-state index < -0.39 is 11.9 Å². The maximum absolute atomic E-state index is 12.3. The molecule has 0 saturated carbocycles. The summed E-state index contributed by atoms with van der Waals surface area (Å²) in [7, 11) is 0. The summed E-state index contributed by atoms with van der Waals surface area (Å²) in [5.41, 5.74) is 1.29. The van der Waals surface area contributed by atoms with Crippen LogP contribution < -0.4 is 5.32 Å². The number of carbonyl (C=O) groups excluding carboxylic acids is 1. The van der Waals surface area contributed by atoms with Crippen molar-refractivity contribution >= 4 is 11.9 Å². The standard InChI is InChI=1S/C14H15N3O4/c1-7-4-5-8(2)12(14(19)20)11(7)13(18)15-6-10-16-9(3)17-21-10/h4-5H,6H2,1-3H3,(H,15,18)(H,19,20). The van der Waals surface area contributed by atoms with E-state index in [1.54, 1.807) is 32.9 Å². The largest absolute Gasteiger partial charge is 0.478 e. The van der Waals surface area contributed by atoms with E-state index in [0.29, 0.717) is 17.0 Å². The Bertz CT molecular complexity index is 706. The highest BCUT2D eigenvalue weighted by Crippen LogP contribution is 2.19. The van der Waals surface area contributed by atoms with Crippen LogP contribution in [-0.4, -0.2) is 27.1 Å². The number of nitrogens with zero attached hydrogens (tertiary/aromatic N) is 2. The lowest BCUT2D eigenvalue weighted by atomic mass is 9.96. The van der Waals surface area contributed by atoms with Gasteiger partial charge in [0.25, 0.3) is 5.91 Å². The Morgan fingerprint density at radius 2 is 1.81 bits per heavy atom. The molecule has 2 N–H and O–H groups in total. The van der Waals surface area contributed by atoms with E-state index in [9.17, 15) is 14.7 Å². The lowest BCUT2D eigenvalue weighted by molar-refractivity contribution is 0.0690. The second-order valence-electron chi connectivity index (χ2n) is 4.67. The number of aromatic nitrogens is 2. The molecule has 1 amide bonds. The molecular weight excluding hydrogens is 274 g/mol. The fourth-order valence-corrected chi connectivity index (χ4v) is 2.04. The van der Waals surface area contributed by atoms with Crippen LogP contribution in [0.5, 0.6) is 0 Å². The first-order valence-corrected chi connectivity index (χ1v) is 6.31. The van der Waals surface area contributed by atoms with Gasteiger partial charge in [-0.2, -0.15) is 4.98 Å². The molecule has 0 unspecified atom stereocenters. The number of hydrogen-bond donors (Lipinski definition) is 2. The minimum atomic E-state index is -1.13. The van der Waals surface area contributed by atoms with Crippen LogP contribution in [0.2, 0.25) is 0 Å². The van der Waals surface area contributed by atoms with Gasteiger partial charge in [0, 0.05) is 0 Å². The van der Waals surface area contributed by atoms with Crippen LogP contribution in [0.3, 0.4) is 0 Å². The predicted molar refractivity (Wildman–Crippen MR) is 73.1 cm³/mol. The molecule has 2 aromatic rings. The van der Waals surface area contributed by atoms with Gasteiger partial charge in [-0.3, -0.25) is 4.79 Å². The number of hydrogen-bond acceptors (Lipinski definition) is 5. The lowest BCUT2D eigenvalue weighted by Crippen LogP contribution is -2.26. The molecule has 0 aliphatic heterocycles. The van der Waals surface area contributed by atoms with Crippen LogP contribution in [0, 0.1) is 20.8 Å². The Morgan fingerprint density at radius 1 is 1.19 bits per heavy atom. The third-order valence-electron chi connectivity index (χ3n) is 3.03. The number of aryl methyl sites for hydroxylation is 3. The fraction of sp³-hybridized carbons (Fsp3) is 0.286. The van der Waals surface area contributed by atoms with E-state index in [1.807, 2.05) is 0 Å². The van der Waals surface area contributed by atoms with Gasteiger partial charge in [-0.05, 0) is 31.9 Å². The van der Waals surface area contributed by atoms with Crippen LogP contribution in [0.15, 0.2) is 16.7 Å². The molecule has 1 heterocycles. The number of rotatable bonds is 4. The molecule has 0 aliphatic rings. The summed E-state index contributed by atoms with van der Waals surface area (Å²) in [6.07, 6.45) is 0. The maximum Gasteiger partial charge on any atom is 0.336 e. The molecule has 0 bridgehead atoms. The minimum absolute atomic E-state index is 0.00853. The van der Waals surface area contributed by atoms with E-state index in [0.717, 1.165) is 0 Å². The maximum atomic E-state index is 12.3. The normalized spacial score (nSPS) is 10.4. The van der Waals surface area contributed by atoms with Gasteiger partial charge in [0.2, 0.25) is 5.89 Å². The molecule has 1 aromatic heterocycles. The zero-order valence-electron chi connectivity index (χ0n) is 11.9. The molecule has 7 heteroatoms. The first-order valence-electron chi connectivity index (χ1n) is 6.31. The molecule has 0 spiro atoms. The van der Waals surface area contributed by atoms with Crippen molar-refractivity contribution in [1.82, 2.24) is 15.5 Å². The molecule has 0 atom stereocenters. The van der Waals surface area contributed by atoms with Crippen molar-refractivity contribution in [1.29, 1.82) is 0 Å². The van der Waals surface area contributed by atoms with Crippen molar-refractivity contribution in [3.05, 3.63) is 46.1 Å². The molecule has 0 aliphatic carbocycles. The van der Waals surface area contributed by atoms with Gasteiger partial charge in [0.1, 0.15) is 0 Å². The Labute approximate surface area is 121 Å². The van der Waals surface area contributed by atoms with Crippen molar-refractivity contribution in [3.63, 3.8) is 0 Å². The molecule has 0 radical (unpaired) electrons. The fourth-order valence-electron chi connectivity index (χ4n) is 2.04. The monoisotopic (exact) mass is 289 g/mol. The second kappa shape index (κ2) is 5.74. The number of carbonyl (C=O) groups is 2. The molecule has 21 heavy (non-hydrogen) atoms. The number of nitrogens with one attached hydrogen (secondary N) is 1. The van der Waals surface area contributed by atoms with Crippen molar-refractivity contribution in [3.8, 4) is 0 Å². The van der Waals surface area contributed by atoms with Gasteiger partial charge >= 0.3 is 5.97 Å². The van der Waals surface area contributed by atoms with E-state index in [2.05, 4.69) is 15.5 Å². The summed E-state index contributed by atoms with van der Waals surface area (Å²) >= 11 is 0. The molecule has 0 saturated heterocycles. The summed E-state index contributed by atoms with van der Waals surface area (Å²) < 4.78 is 4.89. The Kier molecular flexibility index (Phi) is 4.02. The van der Waals surface area contributed by atoms with Crippen LogP contribution in [0.1, 0.15) is 43.6 Å². The van der Waals surface area contributed by atoms with Gasteiger partial charge < -0.3 is 14.9 Å². The van der Waals surface area contributed by atoms with Gasteiger partial charge in [0.15, 0.2) is 5.82 Å². The van der Waals surface area contributed by atoms with Crippen molar-refractivity contribution in [2.24, 2.45) is 0 Å². The highest BCUT2D eigenvalue weighted by Gasteiger charge is 2.21. The number of benzene rings is 1. The smallest absolute Gasteiger partial charge is 0.336 e. The lowest BCUT2D eigenvalue weighted by Gasteiger charge is -2.11.